The second-order valence-corrected chi connectivity index (χ2v) is 12.0. The molecule has 0 radical (unpaired) electrons. The van der Waals surface area contributed by atoms with Crippen molar-refractivity contribution < 1.29 is 13.2 Å². The van der Waals surface area contributed by atoms with Crippen molar-refractivity contribution in [2.75, 3.05) is 31.1 Å². The first kappa shape index (κ1) is 27.4. The molecule has 1 atom stereocenters. The molecule has 41 heavy (non-hydrogen) atoms. The van der Waals surface area contributed by atoms with Crippen LogP contribution in [0.1, 0.15) is 65.1 Å². The standard InChI is InChI=1S/C34H37F3N4/c1-23-6-4-5-7-29(23)24(2)39-31-12-10-26-8-9-27(20-30(26)31)25(3)41-19-16-33(22-41)14-17-40(18-15-33)32-13-11-28(21-38-32)34(35,36)37/h4-9,11,13,20-21,31,39H,2-3,10,12,14-19,22H2,1H3. The Bertz CT molecular complexity index is 1450. The summed E-state index contributed by atoms with van der Waals surface area (Å²) in [5.74, 6) is 0.624. The lowest BCUT2D eigenvalue weighted by Crippen LogP contribution is -2.41. The molecule has 0 bridgehead atoms. The van der Waals surface area contributed by atoms with Crippen LogP contribution in [-0.2, 0) is 12.6 Å². The first-order chi connectivity index (χ1) is 19.6. The Kier molecular flexibility index (Phi) is 7.08. The van der Waals surface area contributed by atoms with Gasteiger partial charge in [0.1, 0.15) is 5.82 Å². The number of anilines is 1. The maximum absolute atomic E-state index is 12.9. The van der Waals surface area contributed by atoms with E-state index >= 15 is 0 Å². The number of fused-ring (bicyclic) bond motifs is 1. The highest BCUT2D eigenvalue weighted by Crippen LogP contribution is 2.44. The minimum atomic E-state index is -4.36. The number of benzene rings is 2. The van der Waals surface area contributed by atoms with Gasteiger partial charge in [0.25, 0.3) is 0 Å². The lowest BCUT2D eigenvalue weighted by atomic mass is 9.78. The molecule has 6 rings (SSSR count). The summed E-state index contributed by atoms with van der Waals surface area (Å²) in [6, 6.07) is 18.0. The summed E-state index contributed by atoms with van der Waals surface area (Å²) in [6.07, 6.45) is 1.78. The molecule has 1 aliphatic carbocycles. The van der Waals surface area contributed by atoms with E-state index in [2.05, 4.69) is 82.6 Å². The predicted octanol–water partition coefficient (Wildman–Crippen LogP) is 7.62. The summed E-state index contributed by atoms with van der Waals surface area (Å²) in [6.45, 7) is 14.5. The quantitative estimate of drug-likeness (QED) is 0.337. The number of aryl methyl sites for hydroxylation is 2. The molecule has 1 aromatic heterocycles. The van der Waals surface area contributed by atoms with Gasteiger partial charge >= 0.3 is 6.18 Å². The number of rotatable bonds is 6. The van der Waals surface area contributed by atoms with Crippen molar-refractivity contribution in [2.24, 2.45) is 5.41 Å². The number of halogens is 3. The second kappa shape index (κ2) is 10.6. The molecule has 0 saturated carbocycles. The topological polar surface area (TPSA) is 31.4 Å². The van der Waals surface area contributed by atoms with Crippen molar-refractivity contribution >= 4 is 17.2 Å². The largest absolute Gasteiger partial charge is 0.417 e. The van der Waals surface area contributed by atoms with Crippen LogP contribution in [0.15, 0.2) is 74.0 Å². The number of nitrogens with one attached hydrogen (secondary N) is 1. The van der Waals surface area contributed by atoms with Crippen LogP contribution in [0.4, 0.5) is 19.0 Å². The second-order valence-electron chi connectivity index (χ2n) is 12.0. The molecule has 7 heteroatoms. The molecule has 1 unspecified atom stereocenters. The molecule has 1 N–H and O–H groups in total. The summed E-state index contributed by atoms with van der Waals surface area (Å²) >= 11 is 0. The van der Waals surface area contributed by atoms with E-state index < -0.39 is 11.7 Å². The van der Waals surface area contributed by atoms with Crippen molar-refractivity contribution in [1.29, 1.82) is 0 Å². The molecule has 0 amide bonds. The van der Waals surface area contributed by atoms with Gasteiger partial charge in [-0.05, 0) is 90.5 Å². The Morgan fingerprint density at radius 2 is 1.76 bits per heavy atom. The third-order valence-corrected chi connectivity index (χ3v) is 9.42. The zero-order valence-corrected chi connectivity index (χ0v) is 23.6. The Hall–Kier alpha value is -3.74. The van der Waals surface area contributed by atoms with Crippen LogP contribution in [-0.4, -0.2) is 36.1 Å². The summed E-state index contributed by atoms with van der Waals surface area (Å²) in [5, 5.41) is 3.70. The SMILES string of the molecule is C=C(NC1CCc2ccc(C(=C)N3CCC4(CCN(c5ccc(C(F)(F)F)cn5)CC4)C3)cc21)c1ccccc1C. The fourth-order valence-corrected chi connectivity index (χ4v) is 6.84. The molecule has 4 nitrogen and oxygen atoms in total. The van der Waals surface area contributed by atoms with Gasteiger partial charge in [0.05, 0.1) is 11.6 Å². The lowest BCUT2D eigenvalue weighted by molar-refractivity contribution is -0.137. The van der Waals surface area contributed by atoms with E-state index in [1.165, 1.54) is 28.3 Å². The number of likely N-dealkylation sites (tertiary alicyclic amines) is 1. The summed E-state index contributed by atoms with van der Waals surface area (Å²) in [5.41, 5.74) is 7.80. The van der Waals surface area contributed by atoms with Gasteiger partial charge in [0.15, 0.2) is 0 Å². The highest BCUT2D eigenvalue weighted by Gasteiger charge is 2.41. The van der Waals surface area contributed by atoms with Crippen LogP contribution >= 0.6 is 0 Å². The fourth-order valence-electron chi connectivity index (χ4n) is 6.84. The van der Waals surface area contributed by atoms with Gasteiger partial charge in [-0.3, -0.25) is 0 Å². The maximum atomic E-state index is 12.9. The van der Waals surface area contributed by atoms with Gasteiger partial charge in [0.2, 0.25) is 0 Å². The number of hydrogen-bond acceptors (Lipinski definition) is 4. The zero-order chi connectivity index (χ0) is 28.8. The van der Waals surface area contributed by atoms with Crippen LogP contribution in [0.3, 0.4) is 0 Å². The number of nitrogens with zero attached hydrogens (tertiary/aromatic N) is 3. The van der Waals surface area contributed by atoms with Crippen LogP contribution in [0, 0.1) is 12.3 Å². The molecule has 3 aromatic rings. The lowest BCUT2D eigenvalue weighted by Gasteiger charge is -2.40. The first-order valence-corrected chi connectivity index (χ1v) is 14.5. The van der Waals surface area contributed by atoms with Gasteiger partial charge in [-0.2, -0.15) is 13.2 Å². The first-order valence-electron chi connectivity index (χ1n) is 14.5. The van der Waals surface area contributed by atoms with Crippen molar-refractivity contribution in [3.05, 3.63) is 107 Å². The smallest absolute Gasteiger partial charge is 0.378 e. The predicted molar refractivity (Wildman–Crippen MR) is 159 cm³/mol. The molecule has 1 spiro atoms. The Morgan fingerprint density at radius 3 is 2.46 bits per heavy atom. The molecule has 2 aliphatic heterocycles. The Balaban J connectivity index is 1.09. The van der Waals surface area contributed by atoms with E-state index in [0.29, 0.717) is 5.82 Å². The van der Waals surface area contributed by atoms with Crippen LogP contribution < -0.4 is 10.2 Å². The van der Waals surface area contributed by atoms with Crippen molar-refractivity contribution in [3.63, 3.8) is 0 Å². The number of hydrogen-bond donors (Lipinski definition) is 1. The van der Waals surface area contributed by atoms with E-state index in [9.17, 15) is 13.2 Å². The van der Waals surface area contributed by atoms with Crippen LogP contribution in [0.5, 0.6) is 0 Å². The molecular weight excluding hydrogens is 521 g/mol. The van der Waals surface area contributed by atoms with Crippen molar-refractivity contribution in [2.45, 2.75) is 51.2 Å². The molecular formula is C34H37F3N4. The van der Waals surface area contributed by atoms with Gasteiger partial charge in [0, 0.05) is 43.8 Å². The minimum Gasteiger partial charge on any atom is -0.378 e. The van der Waals surface area contributed by atoms with Crippen LogP contribution in [0.2, 0.25) is 0 Å². The number of alkyl halides is 3. The molecule has 2 aromatic carbocycles. The van der Waals surface area contributed by atoms with Crippen molar-refractivity contribution in [3.8, 4) is 0 Å². The number of pyridine rings is 1. The highest BCUT2D eigenvalue weighted by molar-refractivity contribution is 5.67. The molecule has 214 valence electrons. The monoisotopic (exact) mass is 558 g/mol. The van der Waals surface area contributed by atoms with E-state index in [1.807, 2.05) is 0 Å². The van der Waals surface area contributed by atoms with E-state index in [-0.39, 0.29) is 11.5 Å². The summed E-state index contributed by atoms with van der Waals surface area (Å²) in [7, 11) is 0. The van der Waals surface area contributed by atoms with Gasteiger partial charge in [-0.25, -0.2) is 4.98 Å². The van der Waals surface area contributed by atoms with Gasteiger partial charge in [-0.15, -0.1) is 0 Å². The summed E-state index contributed by atoms with van der Waals surface area (Å²) < 4.78 is 38.8. The number of piperidine rings is 1. The Labute approximate surface area is 240 Å². The molecule has 3 heterocycles. The van der Waals surface area contributed by atoms with E-state index in [4.69, 9.17) is 0 Å². The fraction of sp³-hybridized carbons (Fsp3) is 0.382. The number of aromatic nitrogens is 1. The summed E-state index contributed by atoms with van der Waals surface area (Å²) in [4.78, 5) is 8.65. The molecule has 2 fully saturated rings. The average Bonchev–Trinajstić information content (AvgIpc) is 3.57. The maximum Gasteiger partial charge on any atom is 0.417 e. The van der Waals surface area contributed by atoms with E-state index in [1.54, 1.807) is 0 Å². The third kappa shape index (κ3) is 5.46. The Morgan fingerprint density at radius 1 is 1.00 bits per heavy atom. The zero-order valence-electron chi connectivity index (χ0n) is 23.6. The van der Waals surface area contributed by atoms with Crippen LogP contribution in [0.25, 0.3) is 11.4 Å². The van der Waals surface area contributed by atoms with E-state index in [0.717, 1.165) is 87.5 Å². The molecule has 2 saturated heterocycles. The minimum absolute atomic E-state index is 0.206. The molecule has 3 aliphatic rings. The highest BCUT2D eigenvalue weighted by atomic mass is 19.4. The average molecular weight is 559 g/mol. The normalized spacial score (nSPS) is 19.9. The third-order valence-electron chi connectivity index (χ3n) is 9.42. The van der Waals surface area contributed by atoms with Gasteiger partial charge < -0.3 is 15.1 Å². The van der Waals surface area contributed by atoms with Gasteiger partial charge in [-0.1, -0.05) is 49.6 Å². The van der Waals surface area contributed by atoms with Crippen molar-refractivity contribution in [1.82, 2.24) is 15.2 Å².